The van der Waals surface area contributed by atoms with Crippen LogP contribution in [0.2, 0.25) is 0 Å². The van der Waals surface area contributed by atoms with Crippen LogP contribution in [0.3, 0.4) is 0 Å². The number of phenolic OH excluding ortho intramolecular Hbond substituents is 2. The number of hydrogen-bond donors (Lipinski definition) is 2. The fourth-order valence-corrected chi connectivity index (χ4v) is 3.35. The number of carbonyl (C=O) groups excluding carboxylic acids is 1. The third-order valence-electron chi connectivity index (χ3n) is 4.46. The highest BCUT2D eigenvalue weighted by atomic mass is 16.5. The van der Waals surface area contributed by atoms with E-state index in [1.165, 1.54) is 18.2 Å². The van der Waals surface area contributed by atoms with Crippen molar-refractivity contribution in [1.82, 2.24) is 19.6 Å². The fraction of sp³-hybridized carbons (Fsp3) is 0.444. The van der Waals surface area contributed by atoms with Gasteiger partial charge >= 0.3 is 0 Å². The average molecular weight is 360 g/mol. The Morgan fingerprint density at radius 1 is 1.35 bits per heavy atom. The van der Waals surface area contributed by atoms with Crippen molar-refractivity contribution >= 4 is 5.91 Å². The Hall–Kier alpha value is -2.58. The van der Waals surface area contributed by atoms with Crippen LogP contribution in [0.1, 0.15) is 22.0 Å². The molecule has 8 nitrogen and oxygen atoms in total. The van der Waals surface area contributed by atoms with E-state index in [0.717, 1.165) is 5.56 Å². The van der Waals surface area contributed by atoms with E-state index in [9.17, 15) is 15.0 Å². The van der Waals surface area contributed by atoms with E-state index in [2.05, 4.69) is 5.10 Å². The van der Waals surface area contributed by atoms with Gasteiger partial charge in [-0.15, -0.1) is 0 Å². The van der Waals surface area contributed by atoms with Crippen LogP contribution in [0.15, 0.2) is 30.6 Å². The Kier molecular flexibility index (Phi) is 5.15. The maximum atomic E-state index is 13.2. The van der Waals surface area contributed by atoms with Crippen LogP contribution in [0.4, 0.5) is 0 Å². The molecule has 0 radical (unpaired) electrons. The first-order valence-corrected chi connectivity index (χ1v) is 8.45. The number of nitrogens with zero attached hydrogens (tertiary/aromatic N) is 4. The van der Waals surface area contributed by atoms with E-state index < -0.39 is 5.91 Å². The number of morpholine rings is 1. The molecule has 8 heteroatoms. The lowest BCUT2D eigenvalue weighted by molar-refractivity contribution is -0.0686. The lowest BCUT2D eigenvalue weighted by Crippen LogP contribution is -2.51. The molecule has 0 spiro atoms. The number of rotatable bonds is 4. The highest BCUT2D eigenvalue weighted by Crippen LogP contribution is 2.35. The van der Waals surface area contributed by atoms with Crippen molar-refractivity contribution in [3.8, 4) is 11.5 Å². The van der Waals surface area contributed by atoms with Crippen LogP contribution in [-0.2, 0) is 11.8 Å². The van der Waals surface area contributed by atoms with Crippen molar-refractivity contribution < 1.29 is 19.7 Å². The van der Waals surface area contributed by atoms with Gasteiger partial charge in [-0.05, 0) is 26.2 Å². The van der Waals surface area contributed by atoms with Crippen LogP contribution in [-0.4, -0.2) is 75.6 Å². The first-order chi connectivity index (χ1) is 12.4. The van der Waals surface area contributed by atoms with Gasteiger partial charge in [0.25, 0.3) is 5.91 Å². The zero-order valence-electron chi connectivity index (χ0n) is 15.2. The number of aromatic hydroxyl groups is 2. The van der Waals surface area contributed by atoms with E-state index in [0.29, 0.717) is 19.7 Å². The molecule has 2 heterocycles. The summed E-state index contributed by atoms with van der Waals surface area (Å²) in [4.78, 5) is 16.8. The summed E-state index contributed by atoms with van der Waals surface area (Å²) in [6.45, 7) is 1.36. The summed E-state index contributed by atoms with van der Waals surface area (Å²) < 4.78 is 7.62. The number of ether oxygens (including phenoxy) is 1. The maximum absolute atomic E-state index is 13.2. The second kappa shape index (κ2) is 7.35. The summed E-state index contributed by atoms with van der Waals surface area (Å²) in [6, 6.07) is 3.91. The molecule has 1 aromatic carbocycles. The highest BCUT2D eigenvalue weighted by molar-refractivity contribution is 5.99. The monoisotopic (exact) mass is 360 g/mol. The van der Waals surface area contributed by atoms with E-state index in [4.69, 9.17) is 4.74 Å². The molecule has 2 atom stereocenters. The number of amides is 1. The smallest absolute Gasteiger partial charge is 0.262 e. The molecule has 140 valence electrons. The summed E-state index contributed by atoms with van der Waals surface area (Å²) >= 11 is 0. The quantitative estimate of drug-likeness (QED) is 0.844. The van der Waals surface area contributed by atoms with Crippen LogP contribution in [0, 0.1) is 0 Å². The summed E-state index contributed by atoms with van der Waals surface area (Å²) in [7, 11) is 5.70. The molecule has 0 bridgehead atoms. The Morgan fingerprint density at radius 3 is 2.62 bits per heavy atom. The molecule has 2 N–H and O–H groups in total. The molecule has 1 aliphatic rings. The van der Waals surface area contributed by atoms with Crippen molar-refractivity contribution in [3.05, 3.63) is 41.7 Å². The lowest BCUT2D eigenvalue weighted by Gasteiger charge is -2.42. The van der Waals surface area contributed by atoms with E-state index in [1.54, 1.807) is 15.8 Å². The molecule has 1 amide bonds. The van der Waals surface area contributed by atoms with Crippen LogP contribution in [0.5, 0.6) is 11.5 Å². The van der Waals surface area contributed by atoms with Gasteiger partial charge in [0.2, 0.25) is 0 Å². The van der Waals surface area contributed by atoms with E-state index in [1.807, 2.05) is 32.2 Å². The number of carbonyl (C=O) groups is 1. The average Bonchev–Trinajstić information content (AvgIpc) is 3.00. The Bertz CT molecular complexity index is 769. The van der Waals surface area contributed by atoms with Crippen molar-refractivity contribution in [2.24, 2.45) is 7.05 Å². The predicted molar refractivity (Wildman–Crippen MR) is 95.1 cm³/mol. The van der Waals surface area contributed by atoms with Gasteiger partial charge in [0, 0.05) is 31.9 Å². The number of hydrogen-bond acceptors (Lipinski definition) is 6. The minimum Gasteiger partial charge on any atom is -0.507 e. The number of benzene rings is 1. The topological polar surface area (TPSA) is 91.1 Å². The zero-order chi connectivity index (χ0) is 18.8. The molecule has 2 aromatic rings. The van der Waals surface area contributed by atoms with Crippen molar-refractivity contribution in [3.63, 3.8) is 0 Å². The molecule has 0 saturated carbocycles. The maximum Gasteiger partial charge on any atom is 0.262 e. The molecule has 0 unspecified atom stereocenters. The van der Waals surface area contributed by atoms with Crippen molar-refractivity contribution in [1.29, 1.82) is 0 Å². The van der Waals surface area contributed by atoms with Gasteiger partial charge < -0.3 is 24.7 Å². The molecular formula is C18H24N4O4. The van der Waals surface area contributed by atoms with Crippen LogP contribution < -0.4 is 0 Å². The third kappa shape index (κ3) is 3.51. The number of likely N-dealkylation sites (N-methyl/N-ethyl adjacent to an activating group) is 1. The Morgan fingerprint density at radius 2 is 2.04 bits per heavy atom. The van der Waals surface area contributed by atoms with E-state index >= 15 is 0 Å². The molecule has 1 aromatic heterocycles. The normalized spacial score (nSPS) is 20.5. The minimum atomic E-state index is -0.429. The third-order valence-corrected chi connectivity index (χ3v) is 4.46. The summed E-state index contributed by atoms with van der Waals surface area (Å²) in [5.74, 6) is -0.910. The zero-order valence-corrected chi connectivity index (χ0v) is 15.2. The number of phenols is 2. The molecular weight excluding hydrogens is 336 g/mol. The fourth-order valence-electron chi connectivity index (χ4n) is 3.35. The van der Waals surface area contributed by atoms with Gasteiger partial charge in [-0.1, -0.05) is 6.07 Å². The Labute approximate surface area is 152 Å². The van der Waals surface area contributed by atoms with Crippen LogP contribution in [0.25, 0.3) is 0 Å². The van der Waals surface area contributed by atoms with Crippen molar-refractivity contribution in [2.75, 3.05) is 33.8 Å². The summed E-state index contributed by atoms with van der Waals surface area (Å²) in [6.07, 6.45) is 3.32. The van der Waals surface area contributed by atoms with Gasteiger partial charge in [-0.3, -0.25) is 9.48 Å². The standard InChI is InChI=1S/C18H24N4O4/c1-20(2)11-15-17(12-9-19-21(3)10-12)22(7-8-26-15)18(25)16-13(23)5-4-6-14(16)24/h4-6,9-10,15,17,23-24H,7-8,11H2,1-3H3/t15-,17-/m0/s1. The largest absolute Gasteiger partial charge is 0.507 e. The SMILES string of the molecule is CN(C)C[C@@H]1OCCN(C(=O)c2c(O)cccc2O)[C@H]1c1cnn(C)c1. The molecule has 1 aliphatic heterocycles. The minimum absolute atomic E-state index is 0.0908. The number of aryl methyl sites for hydroxylation is 1. The van der Waals surface area contributed by atoms with Crippen molar-refractivity contribution in [2.45, 2.75) is 12.1 Å². The first-order valence-electron chi connectivity index (χ1n) is 8.45. The van der Waals surface area contributed by atoms with Gasteiger partial charge in [0.15, 0.2) is 0 Å². The highest BCUT2D eigenvalue weighted by Gasteiger charge is 2.39. The van der Waals surface area contributed by atoms with Crippen LogP contribution >= 0.6 is 0 Å². The first kappa shape index (κ1) is 18.2. The second-order valence-corrected chi connectivity index (χ2v) is 6.73. The molecule has 0 aliphatic carbocycles. The molecule has 26 heavy (non-hydrogen) atoms. The molecule has 3 rings (SSSR count). The van der Waals surface area contributed by atoms with Gasteiger partial charge in [-0.2, -0.15) is 5.10 Å². The van der Waals surface area contributed by atoms with Gasteiger partial charge in [-0.25, -0.2) is 0 Å². The lowest BCUT2D eigenvalue weighted by atomic mass is 9.99. The second-order valence-electron chi connectivity index (χ2n) is 6.73. The predicted octanol–water partition coefficient (Wildman–Crippen LogP) is 0.975. The summed E-state index contributed by atoms with van der Waals surface area (Å²) in [5.41, 5.74) is 0.759. The Balaban J connectivity index is 2.01. The van der Waals surface area contributed by atoms with Gasteiger partial charge in [0.05, 0.1) is 24.9 Å². The molecule has 1 fully saturated rings. The van der Waals surface area contributed by atoms with Gasteiger partial charge in [0.1, 0.15) is 17.1 Å². The summed E-state index contributed by atoms with van der Waals surface area (Å²) in [5, 5.41) is 24.4. The molecule has 1 saturated heterocycles. The number of aromatic nitrogens is 2. The van der Waals surface area contributed by atoms with E-state index in [-0.39, 0.29) is 29.2 Å².